The molecular formula is C44H38Mg2N4Na4O12S4. The third-order valence-electron chi connectivity index (χ3n) is 10.5. The molecule has 16 nitrogen and oxygen atoms in total. The van der Waals surface area contributed by atoms with Crippen molar-refractivity contribution in [2.75, 3.05) is 0 Å². The van der Waals surface area contributed by atoms with E-state index >= 15 is 0 Å². The van der Waals surface area contributed by atoms with Crippen molar-refractivity contribution in [3.05, 3.63) is 144 Å². The number of rotatable bonds is 8. The molecule has 26 heteroatoms. The van der Waals surface area contributed by atoms with Crippen LogP contribution >= 0.6 is 0 Å². The molecule has 2 aliphatic heterocycles. The largest absolute Gasteiger partial charge is 2.00 e. The molecule has 0 fully saturated rings. The van der Waals surface area contributed by atoms with E-state index in [2.05, 4.69) is 9.97 Å². The number of nitrogens with zero attached hydrogens (tertiary/aromatic N) is 2. The van der Waals surface area contributed by atoms with E-state index in [4.69, 9.17) is 9.97 Å². The van der Waals surface area contributed by atoms with Crippen LogP contribution in [0.25, 0.3) is 90.9 Å². The standard InChI is InChI=1S/C44H30N4O12S4.2Mg.4Na.8H/c49-61(50,51)29-9-1-25(2-10-29)41-33-17-19-35(45-33)42(26-3-11-30(12-4-26)62(52,53)54)37-21-23-39(47-37)44(28-7-15-32(16-8-28)64(58,59)60)40-24-22-38(48-40)43(36-20-18-34(41)46-36)27-5-13-31(14-6-27)63(55,56)57;;;;;;;;;;;;;;/h1-24,45,48H,(H,49,50,51)(H,52,53,54)(H,55,56,57)(H,58,59,60);;;;;;;;;;;;;;/q;2*+2;4*+1;8*-1. The molecule has 7 aromatic rings. The normalized spacial score (nSPS) is 11.9. The number of aromatic nitrogens is 4. The molecule has 0 atom stereocenters. The Bertz CT molecular complexity index is 3370. The Morgan fingerprint density at radius 2 is 0.486 bits per heavy atom. The topological polar surface area (TPSA) is 275 Å². The Hall–Kier alpha value is -1.35. The quantitative estimate of drug-likeness (QED) is 0.0636. The molecule has 70 heavy (non-hydrogen) atoms. The van der Waals surface area contributed by atoms with Gasteiger partial charge in [0.05, 0.1) is 42.4 Å². The van der Waals surface area contributed by atoms with Gasteiger partial charge in [-0.2, -0.15) is 33.7 Å². The zero-order chi connectivity index (χ0) is 45.3. The van der Waals surface area contributed by atoms with Crippen molar-refractivity contribution < 1.29 is 182 Å². The van der Waals surface area contributed by atoms with E-state index < -0.39 is 40.5 Å². The molecule has 0 aliphatic carbocycles. The smallest absolute Gasteiger partial charge is 1.00 e. The average molecular weight is 1080 g/mol. The predicted octanol–water partition coefficient (Wildman–Crippen LogP) is -3.54. The van der Waals surface area contributed by atoms with Gasteiger partial charge in [0.25, 0.3) is 40.5 Å². The van der Waals surface area contributed by atoms with Crippen molar-refractivity contribution in [3.8, 4) is 44.5 Å². The summed E-state index contributed by atoms with van der Waals surface area (Å²) in [6, 6.07) is 29.0. The van der Waals surface area contributed by atoms with E-state index in [0.717, 1.165) is 0 Å². The van der Waals surface area contributed by atoms with Crippen molar-refractivity contribution in [1.29, 1.82) is 0 Å². The molecule has 9 rings (SSSR count). The van der Waals surface area contributed by atoms with Crippen LogP contribution in [0.15, 0.2) is 141 Å². The molecule has 3 aromatic heterocycles. The maximum Gasteiger partial charge on any atom is 2.00 e. The molecule has 0 saturated heterocycles. The van der Waals surface area contributed by atoms with Gasteiger partial charge >= 0.3 is 164 Å². The summed E-state index contributed by atoms with van der Waals surface area (Å²) in [5, 5.41) is 0. The molecule has 0 unspecified atom stereocenters. The summed E-state index contributed by atoms with van der Waals surface area (Å²) >= 11 is 0. The maximum absolute atomic E-state index is 12.0. The van der Waals surface area contributed by atoms with Crippen molar-refractivity contribution >= 4 is 133 Å². The van der Waals surface area contributed by atoms with Crippen LogP contribution in [0.2, 0.25) is 0 Å². The Balaban J connectivity index is -0.000000926. The number of hydrogen-bond donors (Lipinski definition) is 6. The Kier molecular flexibility index (Phi) is 22.1. The molecule has 8 bridgehead atoms. The summed E-state index contributed by atoms with van der Waals surface area (Å²) in [6.07, 6.45) is 6.92. The van der Waals surface area contributed by atoms with Crippen LogP contribution in [0, 0.1) is 0 Å². The number of nitrogens with one attached hydrogen (secondary N) is 2. The number of hydrogen-bond acceptors (Lipinski definition) is 10. The predicted molar refractivity (Wildman–Crippen MR) is 260 cm³/mol. The van der Waals surface area contributed by atoms with Crippen molar-refractivity contribution in [3.63, 3.8) is 0 Å². The third-order valence-corrected chi connectivity index (χ3v) is 14.0. The number of benzene rings is 4. The first kappa shape index (κ1) is 62.9. The van der Waals surface area contributed by atoms with E-state index in [9.17, 15) is 51.9 Å². The fourth-order valence-electron chi connectivity index (χ4n) is 7.59. The summed E-state index contributed by atoms with van der Waals surface area (Å²) in [5.41, 5.74) is 7.41. The van der Waals surface area contributed by atoms with Gasteiger partial charge in [0.1, 0.15) is 0 Å². The summed E-state index contributed by atoms with van der Waals surface area (Å²) in [7, 11) is -18.2. The van der Waals surface area contributed by atoms with Crippen molar-refractivity contribution in [1.82, 2.24) is 19.9 Å². The molecule has 338 valence electrons. The maximum atomic E-state index is 12.0. The second-order valence-corrected chi connectivity index (χ2v) is 20.2. The van der Waals surface area contributed by atoms with E-state index in [0.29, 0.717) is 89.4 Å². The minimum Gasteiger partial charge on any atom is -1.00 e. The molecule has 0 spiro atoms. The zero-order valence-electron chi connectivity index (χ0n) is 45.9. The molecule has 0 amide bonds. The number of H-pyrrole nitrogens is 2. The molecule has 4 aromatic carbocycles. The van der Waals surface area contributed by atoms with Gasteiger partial charge in [-0.25, -0.2) is 9.97 Å². The summed E-state index contributed by atoms with van der Waals surface area (Å²) < 4.78 is 135. The van der Waals surface area contributed by atoms with Gasteiger partial charge in [0.15, 0.2) is 0 Å². The van der Waals surface area contributed by atoms with Gasteiger partial charge in [0, 0.05) is 44.3 Å². The summed E-state index contributed by atoms with van der Waals surface area (Å²) in [5.74, 6) is 0. The molecule has 0 radical (unpaired) electrons. The first-order valence-electron chi connectivity index (χ1n) is 18.7. The monoisotopic (exact) mass is 1080 g/mol. The number of aromatic amines is 2. The van der Waals surface area contributed by atoms with Crippen molar-refractivity contribution in [2.24, 2.45) is 0 Å². The second-order valence-electron chi connectivity index (χ2n) is 14.5. The van der Waals surface area contributed by atoms with Gasteiger partial charge in [-0.05, 0) is 119 Å². The van der Waals surface area contributed by atoms with Gasteiger partial charge in [0.2, 0.25) is 0 Å². The molecule has 0 saturated carbocycles. The van der Waals surface area contributed by atoms with E-state index in [1.165, 1.54) is 97.1 Å². The Morgan fingerprint density at radius 1 is 0.314 bits per heavy atom. The van der Waals surface area contributed by atoms with Crippen LogP contribution in [0.3, 0.4) is 0 Å². The number of fused-ring (bicyclic) bond motifs is 8. The van der Waals surface area contributed by atoms with E-state index in [1.54, 1.807) is 48.6 Å². The molecule has 2 aliphatic rings. The molecule has 6 N–H and O–H groups in total. The molecule has 5 heterocycles. The third kappa shape index (κ3) is 13.4. The van der Waals surface area contributed by atoms with Gasteiger partial charge in [-0.15, -0.1) is 0 Å². The van der Waals surface area contributed by atoms with E-state index in [1.807, 2.05) is 0 Å². The van der Waals surface area contributed by atoms with Crippen LogP contribution in [0.5, 0.6) is 0 Å². The second kappa shape index (κ2) is 24.5. The van der Waals surface area contributed by atoms with E-state index in [-0.39, 0.29) is 195 Å². The summed E-state index contributed by atoms with van der Waals surface area (Å²) in [6.45, 7) is 0. The zero-order valence-corrected chi connectivity index (χ0v) is 51.9. The van der Waals surface area contributed by atoms with Crippen LogP contribution in [0.1, 0.15) is 34.2 Å². The van der Waals surface area contributed by atoms with Crippen molar-refractivity contribution in [2.45, 2.75) is 19.6 Å². The Morgan fingerprint density at radius 3 is 0.643 bits per heavy atom. The fourth-order valence-corrected chi connectivity index (χ4v) is 9.51. The fraction of sp³-hybridized carbons (Fsp3) is 0. The average Bonchev–Trinajstić information content (AvgIpc) is 4.08. The van der Waals surface area contributed by atoms with Gasteiger partial charge < -0.3 is 21.4 Å². The van der Waals surface area contributed by atoms with Crippen LogP contribution in [0.4, 0.5) is 0 Å². The SMILES string of the molecule is O=S(=O)(O)c1ccc(-c2c3nc(c(-c4ccc(S(=O)(=O)O)cc4)c4ccc([nH]4)c(-c4ccc(S(=O)(=O)O)cc4)c4nc(c(-c5ccc(S(=O)(=O)O)cc5)c5ccc2[nH]5)C=C4)C=C3)cc1.[H-].[H-].[H-].[H-].[H-].[H-].[H-].[H-].[Mg+2].[Mg+2].[Na+].[Na+].[Na+].[Na+]. The minimum absolute atomic E-state index is 0. The molecular weight excluding hydrogens is 1050 g/mol. The van der Waals surface area contributed by atoms with Crippen LogP contribution in [-0.4, -0.2) is 118 Å². The van der Waals surface area contributed by atoms with Gasteiger partial charge in [-0.1, -0.05) is 48.5 Å². The Labute approximate surface area is 535 Å². The van der Waals surface area contributed by atoms with Gasteiger partial charge in [-0.3, -0.25) is 18.2 Å². The first-order chi connectivity index (χ1) is 30.2. The summed E-state index contributed by atoms with van der Waals surface area (Å²) in [4.78, 5) is 15.6. The van der Waals surface area contributed by atoms with Crippen LogP contribution in [-0.2, 0) is 40.5 Å². The first-order valence-corrected chi connectivity index (χ1v) is 24.5. The van der Waals surface area contributed by atoms with Crippen LogP contribution < -0.4 is 118 Å². The minimum atomic E-state index is -4.55.